The Kier molecular flexibility index (Phi) is 5.38. The van der Waals surface area contributed by atoms with E-state index in [9.17, 15) is 4.79 Å². The predicted octanol–water partition coefficient (Wildman–Crippen LogP) is 2.08. The summed E-state index contributed by atoms with van der Waals surface area (Å²) < 4.78 is 21.7. The summed E-state index contributed by atoms with van der Waals surface area (Å²) in [6.45, 7) is 6.15. The first-order chi connectivity index (χ1) is 9.76. The van der Waals surface area contributed by atoms with E-state index in [1.165, 1.54) is 0 Å². The zero-order valence-corrected chi connectivity index (χ0v) is 11.9. The Morgan fingerprint density at radius 1 is 1.20 bits per heavy atom. The van der Waals surface area contributed by atoms with E-state index in [0.29, 0.717) is 50.1 Å². The molecule has 1 heterocycles. The van der Waals surface area contributed by atoms with Gasteiger partial charge >= 0.3 is 0 Å². The van der Waals surface area contributed by atoms with Gasteiger partial charge in [0.2, 0.25) is 0 Å². The molecule has 1 aliphatic heterocycles. The van der Waals surface area contributed by atoms with Crippen LogP contribution < -0.4 is 9.47 Å². The molecule has 0 aliphatic carbocycles. The maximum absolute atomic E-state index is 12.3. The van der Waals surface area contributed by atoms with Gasteiger partial charge in [0.05, 0.1) is 33.0 Å². The van der Waals surface area contributed by atoms with E-state index in [0.717, 1.165) is 0 Å². The first-order valence-corrected chi connectivity index (χ1v) is 6.89. The molecule has 20 heavy (non-hydrogen) atoms. The summed E-state index contributed by atoms with van der Waals surface area (Å²) in [4.78, 5) is 12.3. The van der Waals surface area contributed by atoms with Crippen molar-refractivity contribution in [3.8, 4) is 11.5 Å². The highest BCUT2D eigenvalue weighted by Crippen LogP contribution is 2.29. The number of carbonyl (C=O) groups is 1. The third-order valence-corrected chi connectivity index (χ3v) is 2.94. The minimum absolute atomic E-state index is 0.0892. The van der Waals surface area contributed by atoms with Crippen molar-refractivity contribution in [1.82, 2.24) is 0 Å². The Balaban J connectivity index is 2.18. The van der Waals surface area contributed by atoms with Crippen LogP contribution in [0.4, 0.5) is 0 Å². The molecule has 0 saturated carbocycles. The molecule has 5 heteroatoms. The van der Waals surface area contributed by atoms with Crippen LogP contribution in [-0.2, 0) is 9.47 Å². The molecule has 110 valence electrons. The summed E-state index contributed by atoms with van der Waals surface area (Å²) in [5, 5.41) is 0. The van der Waals surface area contributed by atoms with Crippen molar-refractivity contribution in [1.29, 1.82) is 0 Å². The monoisotopic (exact) mass is 280 g/mol. The fraction of sp³-hybridized carbons (Fsp3) is 0.533. The number of rotatable bonds is 6. The van der Waals surface area contributed by atoms with Crippen LogP contribution in [0.5, 0.6) is 11.5 Å². The standard InChI is InChI=1S/C15H20O5/c1-3-18-12-6-5-11(9-13(12)19-4-2)15(16)14-10-17-7-8-20-14/h5-6,9,14H,3-4,7-8,10H2,1-2H3. The summed E-state index contributed by atoms with van der Waals surface area (Å²) >= 11 is 0. The molecule has 1 aromatic rings. The van der Waals surface area contributed by atoms with Crippen LogP contribution in [0, 0.1) is 0 Å². The van der Waals surface area contributed by atoms with Crippen molar-refractivity contribution in [3.63, 3.8) is 0 Å². The fourth-order valence-electron chi connectivity index (χ4n) is 2.03. The summed E-state index contributed by atoms with van der Waals surface area (Å²) in [6, 6.07) is 5.19. The summed E-state index contributed by atoms with van der Waals surface area (Å²) in [6.07, 6.45) is -0.531. The lowest BCUT2D eigenvalue weighted by atomic mass is 10.1. The Hall–Kier alpha value is -1.59. The minimum Gasteiger partial charge on any atom is -0.490 e. The van der Waals surface area contributed by atoms with Crippen molar-refractivity contribution in [2.24, 2.45) is 0 Å². The third-order valence-electron chi connectivity index (χ3n) is 2.94. The summed E-state index contributed by atoms with van der Waals surface area (Å²) in [7, 11) is 0. The highest BCUT2D eigenvalue weighted by atomic mass is 16.6. The number of hydrogen-bond acceptors (Lipinski definition) is 5. The van der Waals surface area contributed by atoms with Gasteiger partial charge in [0.1, 0.15) is 6.10 Å². The predicted molar refractivity (Wildman–Crippen MR) is 73.7 cm³/mol. The maximum Gasteiger partial charge on any atom is 0.194 e. The summed E-state index contributed by atoms with van der Waals surface area (Å²) in [5.41, 5.74) is 0.549. The van der Waals surface area contributed by atoms with Crippen LogP contribution in [0.3, 0.4) is 0 Å². The number of carbonyl (C=O) groups excluding carboxylic acids is 1. The van der Waals surface area contributed by atoms with Crippen LogP contribution in [0.1, 0.15) is 24.2 Å². The minimum atomic E-state index is -0.531. The van der Waals surface area contributed by atoms with Crippen molar-refractivity contribution in [3.05, 3.63) is 23.8 Å². The molecule has 2 rings (SSSR count). The smallest absolute Gasteiger partial charge is 0.194 e. The van der Waals surface area contributed by atoms with Gasteiger partial charge in [0.25, 0.3) is 0 Å². The van der Waals surface area contributed by atoms with Gasteiger partial charge in [-0.15, -0.1) is 0 Å². The molecule has 1 saturated heterocycles. The molecule has 1 unspecified atom stereocenters. The number of hydrogen-bond donors (Lipinski definition) is 0. The second-order valence-corrected chi connectivity index (χ2v) is 4.33. The first-order valence-electron chi connectivity index (χ1n) is 6.89. The quantitative estimate of drug-likeness (QED) is 0.747. The van der Waals surface area contributed by atoms with E-state index < -0.39 is 6.10 Å². The lowest BCUT2D eigenvalue weighted by Crippen LogP contribution is -2.35. The van der Waals surface area contributed by atoms with Gasteiger partial charge in [-0.05, 0) is 32.0 Å². The third kappa shape index (κ3) is 3.49. The molecule has 1 atom stereocenters. The second-order valence-electron chi connectivity index (χ2n) is 4.33. The topological polar surface area (TPSA) is 54.0 Å². The van der Waals surface area contributed by atoms with Gasteiger partial charge < -0.3 is 18.9 Å². The number of Topliss-reactive ketones (excluding diaryl/α,β-unsaturated/α-hetero) is 1. The Bertz CT molecular complexity index is 452. The second kappa shape index (κ2) is 7.26. The van der Waals surface area contributed by atoms with Gasteiger partial charge in [0.15, 0.2) is 17.3 Å². The Labute approximate surface area is 118 Å². The van der Waals surface area contributed by atoms with E-state index in [-0.39, 0.29) is 5.78 Å². The van der Waals surface area contributed by atoms with Gasteiger partial charge in [-0.2, -0.15) is 0 Å². The van der Waals surface area contributed by atoms with Crippen LogP contribution in [0.25, 0.3) is 0 Å². The van der Waals surface area contributed by atoms with Crippen LogP contribution in [0.15, 0.2) is 18.2 Å². The maximum atomic E-state index is 12.3. The van der Waals surface area contributed by atoms with Gasteiger partial charge in [-0.25, -0.2) is 0 Å². The van der Waals surface area contributed by atoms with E-state index in [1.54, 1.807) is 18.2 Å². The first kappa shape index (κ1) is 14.8. The van der Waals surface area contributed by atoms with Crippen LogP contribution in [-0.4, -0.2) is 44.9 Å². The molecular formula is C15H20O5. The highest BCUT2D eigenvalue weighted by molar-refractivity contribution is 6.00. The number of ether oxygens (including phenoxy) is 4. The van der Waals surface area contributed by atoms with Crippen molar-refractivity contribution in [2.75, 3.05) is 33.0 Å². The van der Waals surface area contributed by atoms with E-state index in [4.69, 9.17) is 18.9 Å². The molecular weight excluding hydrogens is 260 g/mol. The molecule has 0 N–H and O–H groups in total. The molecule has 1 fully saturated rings. The molecule has 0 aromatic heterocycles. The zero-order chi connectivity index (χ0) is 14.4. The van der Waals surface area contributed by atoms with Crippen LogP contribution in [0.2, 0.25) is 0 Å². The molecule has 0 amide bonds. The molecule has 1 aliphatic rings. The molecule has 0 spiro atoms. The Morgan fingerprint density at radius 2 is 1.95 bits per heavy atom. The number of ketones is 1. The fourth-order valence-corrected chi connectivity index (χ4v) is 2.03. The average molecular weight is 280 g/mol. The van der Waals surface area contributed by atoms with Gasteiger partial charge in [0, 0.05) is 5.56 Å². The molecule has 1 aromatic carbocycles. The molecule has 0 radical (unpaired) electrons. The highest BCUT2D eigenvalue weighted by Gasteiger charge is 2.24. The van der Waals surface area contributed by atoms with Gasteiger partial charge in [-0.3, -0.25) is 4.79 Å². The molecule has 0 bridgehead atoms. The lowest BCUT2D eigenvalue weighted by molar-refractivity contribution is -0.0719. The Morgan fingerprint density at radius 3 is 2.60 bits per heavy atom. The zero-order valence-electron chi connectivity index (χ0n) is 11.9. The van der Waals surface area contributed by atoms with E-state index in [1.807, 2.05) is 13.8 Å². The summed E-state index contributed by atoms with van der Waals surface area (Å²) in [5.74, 6) is 1.14. The normalized spacial score (nSPS) is 18.6. The largest absolute Gasteiger partial charge is 0.490 e. The van der Waals surface area contributed by atoms with Crippen molar-refractivity contribution < 1.29 is 23.7 Å². The van der Waals surface area contributed by atoms with Gasteiger partial charge in [-0.1, -0.05) is 0 Å². The average Bonchev–Trinajstić information content (AvgIpc) is 2.50. The van der Waals surface area contributed by atoms with E-state index >= 15 is 0 Å². The van der Waals surface area contributed by atoms with Crippen molar-refractivity contribution >= 4 is 5.78 Å². The SMILES string of the molecule is CCOc1ccc(C(=O)C2COCCO2)cc1OCC. The number of benzene rings is 1. The lowest BCUT2D eigenvalue weighted by Gasteiger charge is -2.22. The van der Waals surface area contributed by atoms with Crippen molar-refractivity contribution in [2.45, 2.75) is 20.0 Å². The molecule has 5 nitrogen and oxygen atoms in total. The van der Waals surface area contributed by atoms with E-state index in [2.05, 4.69) is 0 Å². The van der Waals surface area contributed by atoms with Crippen LogP contribution >= 0.6 is 0 Å².